The van der Waals surface area contributed by atoms with Crippen LogP contribution in [0.1, 0.15) is 31.7 Å². The molecule has 3 N–H and O–H groups in total. The molecule has 22 heavy (non-hydrogen) atoms. The number of nitrogens with zero attached hydrogens (tertiary/aromatic N) is 1. The molecule has 0 atom stereocenters. The third kappa shape index (κ3) is 6.78. The fourth-order valence-corrected chi connectivity index (χ4v) is 1.82. The van der Waals surface area contributed by atoms with Crippen LogP contribution in [0.15, 0.2) is 35.3 Å². The van der Waals surface area contributed by atoms with E-state index < -0.39 is 17.7 Å². The number of amides is 3. The summed E-state index contributed by atoms with van der Waals surface area (Å²) in [6.45, 7) is 2.23. The van der Waals surface area contributed by atoms with Gasteiger partial charge in [0.25, 0.3) is 5.91 Å². The van der Waals surface area contributed by atoms with Gasteiger partial charge < -0.3 is 11.1 Å². The van der Waals surface area contributed by atoms with Crippen molar-refractivity contribution in [2.24, 2.45) is 10.7 Å². The molecule has 0 radical (unpaired) electrons. The number of rotatable bonds is 8. The van der Waals surface area contributed by atoms with E-state index in [9.17, 15) is 14.4 Å². The van der Waals surface area contributed by atoms with E-state index in [4.69, 9.17) is 5.73 Å². The molecule has 118 valence electrons. The number of primary amides is 1. The summed E-state index contributed by atoms with van der Waals surface area (Å²) in [5.74, 6) is -1.64. The molecule has 3 amide bonds. The van der Waals surface area contributed by atoms with Crippen molar-refractivity contribution in [3.8, 4) is 0 Å². The minimum Gasteiger partial charge on any atom is -0.369 e. The highest BCUT2D eigenvalue weighted by Gasteiger charge is 2.15. The fourth-order valence-electron chi connectivity index (χ4n) is 1.82. The first-order valence-electron chi connectivity index (χ1n) is 7.23. The molecule has 0 bridgehead atoms. The van der Waals surface area contributed by atoms with Gasteiger partial charge in [-0.2, -0.15) is 0 Å². The third-order valence-corrected chi connectivity index (χ3v) is 2.87. The molecule has 0 fully saturated rings. The second kappa shape index (κ2) is 9.44. The van der Waals surface area contributed by atoms with Gasteiger partial charge in [0, 0.05) is 13.0 Å². The van der Waals surface area contributed by atoms with E-state index in [-0.39, 0.29) is 18.6 Å². The molecule has 0 saturated carbocycles. The van der Waals surface area contributed by atoms with Gasteiger partial charge in [0.15, 0.2) is 0 Å². The van der Waals surface area contributed by atoms with Crippen molar-refractivity contribution in [3.05, 3.63) is 35.9 Å². The van der Waals surface area contributed by atoms with Gasteiger partial charge in [-0.25, -0.2) is 4.99 Å². The summed E-state index contributed by atoms with van der Waals surface area (Å²) < 4.78 is 0. The van der Waals surface area contributed by atoms with Gasteiger partial charge in [0.1, 0.15) is 5.71 Å². The zero-order valence-electron chi connectivity index (χ0n) is 12.7. The van der Waals surface area contributed by atoms with E-state index in [2.05, 4.69) is 10.3 Å². The summed E-state index contributed by atoms with van der Waals surface area (Å²) in [6.07, 6.45) is 1.17. The van der Waals surface area contributed by atoms with Gasteiger partial charge in [-0.1, -0.05) is 37.3 Å². The molecule has 6 heteroatoms. The second-order valence-corrected chi connectivity index (χ2v) is 4.84. The van der Waals surface area contributed by atoms with Crippen LogP contribution >= 0.6 is 0 Å². The Bertz CT molecular complexity index is 553. The fraction of sp³-hybridized carbons (Fsp3) is 0.375. The predicted molar refractivity (Wildman–Crippen MR) is 84.3 cm³/mol. The third-order valence-electron chi connectivity index (χ3n) is 2.87. The minimum atomic E-state index is -0.693. The normalized spacial score (nSPS) is 11.0. The molecule has 0 aliphatic carbocycles. The van der Waals surface area contributed by atoms with Crippen molar-refractivity contribution in [1.82, 2.24) is 5.32 Å². The smallest absolute Gasteiger partial charge is 0.266 e. The number of aliphatic imine (C=N–C) groups is 1. The first-order valence-corrected chi connectivity index (χ1v) is 7.23. The predicted octanol–water partition coefficient (Wildman–Crippen LogP) is 0.988. The molecule has 1 rings (SSSR count). The van der Waals surface area contributed by atoms with E-state index in [1.807, 2.05) is 37.3 Å². The molecular formula is C16H21N3O3. The van der Waals surface area contributed by atoms with Crippen molar-refractivity contribution in [2.45, 2.75) is 32.6 Å². The van der Waals surface area contributed by atoms with Crippen molar-refractivity contribution >= 4 is 23.4 Å². The van der Waals surface area contributed by atoms with Crippen LogP contribution in [-0.4, -0.2) is 30.0 Å². The van der Waals surface area contributed by atoms with Gasteiger partial charge in [-0.3, -0.25) is 14.4 Å². The molecule has 0 heterocycles. The Morgan fingerprint density at radius 1 is 1.18 bits per heavy atom. The lowest BCUT2D eigenvalue weighted by Crippen LogP contribution is -2.35. The summed E-state index contributed by atoms with van der Waals surface area (Å²) in [6, 6.07) is 9.66. The zero-order chi connectivity index (χ0) is 16.4. The van der Waals surface area contributed by atoms with Crippen LogP contribution in [-0.2, 0) is 20.8 Å². The monoisotopic (exact) mass is 303 g/mol. The maximum absolute atomic E-state index is 12.0. The van der Waals surface area contributed by atoms with E-state index in [0.29, 0.717) is 19.4 Å². The Kier molecular flexibility index (Phi) is 7.53. The Morgan fingerprint density at radius 3 is 2.45 bits per heavy atom. The standard InChI is InChI=1S/C16H21N3O3/c1-2-6-15(21)19-13(11-14(17)20)16(22)18-10-9-12-7-4-3-5-8-12/h3-5,7-8H,2,6,9-11H2,1H3,(H2,17,20)(H,18,22)/b19-13+. The number of nitrogens with two attached hydrogens (primary N) is 1. The topological polar surface area (TPSA) is 102 Å². The van der Waals surface area contributed by atoms with Crippen LogP contribution < -0.4 is 11.1 Å². The lowest BCUT2D eigenvalue weighted by molar-refractivity contribution is -0.119. The zero-order valence-corrected chi connectivity index (χ0v) is 12.7. The summed E-state index contributed by atoms with van der Waals surface area (Å²) in [4.78, 5) is 38.2. The van der Waals surface area contributed by atoms with Gasteiger partial charge in [0.05, 0.1) is 6.42 Å². The molecule has 0 spiro atoms. The highest BCUT2D eigenvalue weighted by Crippen LogP contribution is 1.99. The Balaban J connectivity index is 2.59. The van der Waals surface area contributed by atoms with E-state index in [1.165, 1.54) is 0 Å². The SMILES string of the molecule is CCCC(=O)/N=C(\CC(N)=O)C(=O)NCCc1ccccc1. The van der Waals surface area contributed by atoms with Crippen LogP contribution in [0.3, 0.4) is 0 Å². The lowest BCUT2D eigenvalue weighted by Gasteiger charge is -2.07. The number of hydrogen-bond acceptors (Lipinski definition) is 3. The molecule has 0 saturated heterocycles. The van der Waals surface area contributed by atoms with Crippen LogP contribution in [0, 0.1) is 0 Å². The maximum atomic E-state index is 12.0. The highest BCUT2D eigenvalue weighted by molar-refractivity contribution is 6.43. The largest absolute Gasteiger partial charge is 0.369 e. The van der Waals surface area contributed by atoms with Gasteiger partial charge in [-0.05, 0) is 18.4 Å². The van der Waals surface area contributed by atoms with E-state index >= 15 is 0 Å². The number of carbonyl (C=O) groups is 3. The molecule has 1 aromatic carbocycles. The molecule has 1 aromatic rings. The van der Waals surface area contributed by atoms with Crippen molar-refractivity contribution in [2.75, 3.05) is 6.54 Å². The summed E-state index contributed by atoms with van der Waals surface area (Å²) in [7, 11) is 0. The first kappa shape index (κ1) is 17.6. The highest BCUT2D eigenvalue weighted by atomic mass is 16.2. The van der Waals surface area contributed by atoms with Gasteiger partial charge >= 0.3 is 0 Å². The molecule has 0 aromatic heterocycles. The Labute approximate surface area is 129 Å². The Hall–Kier alpha value is -2.50. The van der Waals surface area contributed by atoms with E-state index in [0.717, 1.165) is 5.56 Å². The minimum absolute atomic E-state index is 0.126. The number of hydrogen-bond donors (Lipinski definition) is 2. The molecule has 0 aliphatic rings. The average molecular weight is 303 g/mol. The quantitative estimate of drug-likeness (QED) is 0.700. The first-order chi connectivity index (χ1) is 10.5. The molecule has 0 aliphatic heterocycles. The van der Waals surface area contributed by atoms with Gasteiger partial charge in [-0.15, -0.1) is 0 Å². The van der Waals surface area contributed by atoms with Crippen LogP contribution in [0.25, 0.3) is 0 Å². The molecule has 6 nitrogen and oxygen atoms in total. The van der Waals surface area contributed by atoms with Crippen LogP contribution in [0.2, 0.25) is 0 Å². The Morgan fingerprint density at radius 2 is 1.86 bits per heavy atom. The van der Waals surface area contributed by atoms with E-state index in [1.54, 1.807) is 0 Å². The van der Waals surface area contributed by atoms with Crippen molar-refractivity contribution in [3.63, 3.8) is 0 Å². The van der Waals surface area contributed by atoms with Gasteiger partial charge in [0.2, 0.25) is 11.8 Å². The number of benzene rings is 1. The van der Waals surface area contributed by atoms with Crippen molar-refractivity contribution in [1.29, 1.82) is 0 Å². The molecular weight excluding hydrogens is 282 g/mol. The maximum Gasteiger partial charge on any atom is 0.266 e. The summed E-state index contributed by atoms with van der Waals surface area (Å²) in [5.41, 5.74) is 6.05. The van der Waals surface area contributed by atoms with Crippen LogP contribution in [0.5, 0.6) is 0 Å². The number of carbonyl (C=O) groups excluding carboxylic acids is 3. The summed E-state index contributed by atoms with van der Waals surface area (Å²) in [5, 5.41) is 2.65. The molecule has 0 unspecified atom stereocenters. The number of nitrogens with one attached hydrogen (secondary N) is 1. The average Bonchev–Trinajstić information content (AvgIpc) is 2.47. The van der Waals surface area contributed by atoms with Crippen LogP contribution in [0.4, 0.5) is 0 Å². The lowest BCUT2D eigenvalue weighted by atomic mass is 10.1. The second-order valence-electron chi connectivity index (χ2n) is 4.84. The summed E-state index contributed by atoms with van der Waals surface area (Å²) >= 11 is 0. The van der Waals surface area contributed by atoms with Crippen molar-refractivity contribution < 1.29 is 14.4 Å².